The lowest BCUT2D eigenvalue weighted by Crippen LogP contribution is -2.42. The molecule has 1 aliphatic heterocycles. The summed E-state index contributed by atoms with van der Waals surface area (Å²) in [7, 11) is 0. The molecule has 0 amide bonds. The molecule has 1 unspecified atom stereocenters. The Kier molecular flexibility index (Phi) is 7.82. The SMILES string of the molecule is Cc1c(C)c2c(c(C)c1N)CC(C)(CNCCc1ccccc1)O2.Cl.Cl. The second-order valence-electron chi connectivity index (χ2n) is 7.24. The number of nitrogens with two attached hydrogens (primary N) is 1. The lowest BCUT2D eigenvalue weighted by atomic mass is 9.92. The molecule has 0 saturated carbocycles. The molecule has 2 aromatic rings. The molecule has 0 saturated heterocycles. The number of halogens is 2. The van der Waals surface area contributed by atoms with Gasteiger partial charge < -0.3 is 15.8 Å². The predicted octanol–water partition coefficient (Wildman–Crippen LogP) is 4.56. The van der Waals surface area contributed by atoms with E-state index in [1.54, 1.807) is 0 Å². The molecule has 0 aliphatic carbocycles. The van der Waals surface area contributed by atoms with Gasteiger partial charge in [0.15, 0.2) is 0 Å². The van der Waals surface area contributed by atoms with Gasteiger partial charge in [-0.3, -0.25) is 0 Å². The summed E-state index contributed by atoms with van der Waals surface area (Å²) in [6.07, 6.45) is 1.95. The monoisotopic (exact) mass is 396 g/mol. The van der Waals surface area contributed by atoms with Gasteiger partial charge in [0.2, 0.25) is 0 Å². The van der Waals surface area contributed by atoms with E-state index in [-0.39, 0.29) is 30.4 Å². The molecule has 1 atom stereocenters. The van der Waals surface area contributed by atoms with Crippen LogP contribution in [0.1, 0.15) is 34.7 Å². The summed E-state index contributed by atoms with van der Waals surface area (Å²) in [5, 5.41) is 3.56. The van der Waals surface area contributed by atoms with Crippen molar-refractivity contribution in [1.82, 2.24) is 5.32 Å². The van der Waals surface area contributed by atoms with Crippen LogP contribution in [0.15, 0.2) is 30.3 Å². The number of benzene rings is 2. The van der Waals surface area contributed by atoms with Gasteiger partial charge in [0.25, 0.3) is 0 Å². The van der Waals surface area contributed by atoms with E-state index in [0.717, 1.165) is 42.9 Å². The summed E-state index contributed by atoms with van der Waals surface area (Å²) in [5.41, 5.74) is 13.1. The predicted molar refractivity (Wildman–Crippen MR) is 115 cm³/mol. The third kappa shape index (κ3) is 4.46. The average Bonchev–Trinajstić information content (AvgIpc) is 2.94. The van der Waals surface area contributed by atoms with Crippen LogP contribution in [0.3, 0.4) is 0 Å². The number of rotatable bonds is 5. The Labute approximate surface area is 169 Å². The summed E-state index contributed by atoms with van der Waals surface area (Å²) < 4.78 is 6.38. The van der Waals surface area contributed by atoms with Crippen LogP contribution in [0.4, 0.5) is 5.69 Å². The van der Waals surface area contributed by atoms with Crippen LogP contribution < -0.4 is 15.8 Å². The number of hydrogen-bond donors (Lipinski definition) is 2. The molecule has 1 aliphatic rings. The first-order chi connectivity index (χ1) is 11.4. The van der Waals surface area contributed by atoms with Crippen molar-refractivity contribution in [3.63, 3.8) is 0 Å². The molecule has 144 valence electrons. The molecule has 3 rings (SSSR count). The van der Waals surface area contributed by atoms with Gasteiger partial charge in [0.05, 0.1) is 0 Å². The van der Waals surface area contributed by atoms with Crippen molar-refractivity contribution in [2.75, 3.05) is 18.8 Å². The van der Waals surface area contributed by atoms with Crippen LogP contribution >= 0.6 is 24.8 Å². The summed E-state index contributed by atoms with van der Waals surface area (Å²) in [5.74, 6) is 1.05. The molecule has 0 radical (unpaired) electrons. The lowest BCUT2D eigenvalue weighted by Gasteiger charge is -2.25. The molecule has 5 heteroatoms. The smallest absolute Gasteiger partial charge is 0.127 e. The number of ether oxygens (including phenoxy) is 1. The molecule has 3 nitrogen and oxygen atoms in total. The first kappa shape index (κ1) is 22.6. The van der Waals surface area contributed by atoms with Crippen LogP contribution in [-0.2, 0) is 12.8 Å². The lowest BCUT2D eigenvalue weighted by molar-refractivity contribution is 0.114. The van der Waals surface area contributed by atoms with Crippen molar-refractivity contribution in [3.8, 4) is 5.75 Å². The largest absolute Gasteiger partial charge is 0.485 e. The maximum Gasteiger partial charge on any atom is 0.127 e. The molecular weight excluding hydrogens is 367 g/mol. The van der Waals surface area contributed by atoms with E-state index in [1.165, 1.54) is 22.3 Å². The summed E-state index contributed by atoms with van der Waals surface area (Å²) >= 11 is 0. The van der Waals surface area contributed by atoms with Gasteiger partial charge in [-0.25, -0.2) is 0 Å². The number of nitrogens with one attached hydrogen (secondary N) is 1. The second-order valence-corrected chi connectivity index (χ2v) is 7.24. The van der Waals surface area contributed by atoms with Gasteiger partial charge in [-0.1, -0.05) is 30.3 Å². The van der Waals surface area contributed by atoms with Crippen molar-refractivity contribution in [1.29, 1.82) is 0 Å². The van der Waals surface area contributed by atoms with E-state index >= 15 is 0 Å². The molecular formula is C21H30Cl2N2O. The molecule has 26 heavy (non-hydrogen) atoms. The van der Waals surface area contributed by atoms with Crippen molar-refractivity contribution >= 4 is 30.5 Å². The van der Waals surface area contributed by atoms with E-state index in [0.29, 0.717) is 0 Å². The summed E-state index contributed by atoms with van der Waals surface area (Å²) in [4.78, 5) is 0. The highest BCUT2D eigenvalue weighted by molar-refractivity contribution is 5.85. The molecule has 0 aromatic heterocycles. The average molecular weight is 397 g/mol. The van der Waals surface area contributed by atoms with Gasteiger partial charge in [-0.15, -0.1) is 24.8 Å². The summed E-state index contributed by atoms with van der Waals surface area (Å²) in [6, 6.07) is 10.6. The molecule has 1 heterocycles. The maximum atomic E-state index is 6.38. The van der Waals surface area contributed by atoms with Crippen LogP contribution in [0.25, 0.3) is 0 Å². The van der Waals surface area contributed by atoms with Gasteiger partial charge >= 0.3 is 0 Å². The molecule has 0 bridgehead atoms. The number of nitrogen functional groups attached to an aromatic ring is 1. The zero-order chi connectivity index (χ0) is 17.3. The van der Waals surface area contributed by atoms with Crippen molar-refractivity contribution in [2.45, 2.75) is 46.1 Å². The fraction of sp³-hybridized carbons (Fsp3) is 0.429. The van der Waals surface area contributed by atoms with Gasteiger partial charge in [0.1, 0.15) is 11.4 Å². The van der Waals surface area contributed by atoms with Crippen LogP contribution in [0, 0.1) is 20.8 Å². The van der Waals surface area contributed by atoms with E-state index in [2.05, 4.69) is 63.3 Å². The normalized spacial score (nSPS) is 17.7. The Morgan fingerprint density at radius 2 is 1.69 bits per heavy atom. The highest BCUT2D eigenvalue weighted by Crippen LogP contribution is 2.43. The quantitative estimate of drug-likeness (QED) is 0.574. The minimum atomic E-state index is -0.200. The standard InChI is InChI=1S/C21H28N2O.2ClH/c1-14-15(2)20-18(16(3)19(14)22)12-21(4,24-20)13-23-11-10-17-8-6-5-7-9-17;;/h5-9,23H,10-13,22H2,1-4H3;2*1H. The van der Waals surface area contributed by atoms with Crippen molar-refractivity contribution < 1.29 is 4.74 Å². The topological polar surface area (TPSA) is 47.3 Å². The highest BCUT2D eigenvalue weighted by atomic mass is 35.5. The highest BCUT2D eigenvalue weighted by Gasteiger charge is 2.37. The first-order valence-corrected chi connectivity index (χ1v) is 8.73. The zero-order valence-electron chi connectivity index (χ0n) is 16.0. The van der Waals surface area contributed by atoms with Crippen LogP contribution in [0.2, 0.25) is 0 Å². The Balaban J connectivity index is 0.00000169. The van der Waals surface area contributed by atoms with Gasteiger partial charge in [-0.05, 0) is 62.9 Å². The first-order valence-electron chi connectivity index (χ1n) is 8.73. The van der Waals surface area contributed by atoms with E-state index in [9.17, 15) is 0 Å². The van der Waals surface area contributed by atoms with Crippen molar-refractivity contribution in [3.05, 3.63) is 58.1 Å². The number of hydrogen-bond acceptors (Lipinski definition) is 3. The third-order valence-corrected chi connectivity index (χ3v) is 5.27. The Morgan fingerprint density at radius 1 is 1.04 bits per heavy atom. The molecule has 2 aromatic carbocycles. The van der Waals surface area contributed by atoms with Gasteiger partial charge in [-0.2, -0.15) is 0 Å². The van der Waals surface area contributed by atoms with Crippen LogP contribution in [-0.4, -0.2) is 18.7 Å². The molecule has 0 fully saturated rings. The third-order valence-electron chi connectivity index (χ3n) is 5.27. The summed E-state index contributed by atoms with van der Waals surface area (Å²) in [6.45, 7) is 10.3. The second kappa shape index (κ2) is 8.98. The zero-order valence-corrected chi connectivity index (χ0v) is 17.7. The molecule has 0 spiro atoms. The number of fused-ring (bicyclic) bond motifs is 1. The van der Waals surface area contributed by atoms with Crippen LogP contribution in [0.5, 0.6) is 5.75 Å². The van der Waals surface area contributed by atoms with E-state index in [4.69, 9.17) is 10.5 Å². The molecule has 3 N–H and O–H groups in total. The Bertz CT molecular complexity index is 711. The Hall–Kier alpha value is -1.42. The minimum absolute atomic E-state index is 0. The maximum absolute atomic E-state index is 6.38. The van der Waals surface area contributed by atoms with Gasteiger partial charge in [0, 0.05) is 24.2 Å². The van der Waals surface area contributed by atoms with Crippen molar-refractivity contribution in [2.24, 2.45) is 0 Å². The minimum Gasteiger partial charge on any atom is -0.485 e. The fourth-order valence-electron chi connectivity index (χ4n) is 3.55. The Morgan fingerprint density at radius 3 is 2.35 bits per heavy atom. The van der Waals surface area contributed by atoms with E-state index in [1.807, 2.05) is 0 Å². The number of anilines is 1. The van der Waals surface area contributed by atoms with E-state index < -0.39 is 0 Å². The fourth-order valence-corrected chi connectivity index (χ4v) is 3.55.